The van der Waals surface area contributed by atoms with Crippen LogP contribution in [0, 0.1) is 17.8 Å². The molecule has 4 N–H and O–H groups in total. The zero-order valence-electron chi connectivity index (χ0n) is 39.7. The number of aliphatic hydroxyl groups excluding tert-OH is 1. The number of ether oxygens (including phenoxy) is 5. The molecule has 2 aromatic rings. The number of amides is 1. The fraction of sp³-hybridized carbons (Fsp3) is 0.717. The van der Waals surface area contributed by atoms with Crippen LogP contribution in [0.5, 0.6) is 0 Å². The lowest BCUT2D eigenvalue weighted by molar-refractivity contribution is -0.297. The van der Waals surface area contributed by atoms with Crippen molar-refractivity contribution < 1.29 is 47.1 Å². The highest BCUT2D eigenvalue weighted by Gasteiger charge is 2.59. The van der Waals surface area contributed by atoms with E-state index in [1.807, 2.05) is 77.2 Å². The van der Waals surface area contributed by atoms with Gasteiger partial charge in [0.15, 0.2) is 17.7 Å². The minimum atomic E-state index is -1.25. The number of methoxy groups -OCH3 is 1. The van der Waals surface area contributed by atoms with Crippen LogP contribution in [0.1, 0.15) is 87.0 Å². The minimum absolute atomic E-state index is 0.0542. The van der Waals surface area contributed by atoms with Crippen LogP contribution in [0.4, 0.5) is 14.4 Å². The van der Waals surface area contributed by atoms with Crippen molar-refractivity contribution in [3.8, 4) is 11.3 Å². The molecule has 64 heavy (non-hydrogen) atoms. The number of likely N-dealkylation sites (N-methyl/N-ethyl adjacent to an activating group) is 1. The number of nitrogen functional groups attached to an aromatic ring is 1. The predicted molar refractivity (Wildman–Crippen MR) is 246 cm³/mol. The molecule has 3 fully saturated rings. The van der Waals surface area contributed by atoms with Crippen LogP contribution in [-0.2, 0) is 39.8 Å². The number of ketones is 1. The van der Waals surface area contributed by atoms with E-state index in [0.29, 0.717) is 63.8 Å². The largest absolute Gasteiger partial charge is 0.458 e. The molecule has 13 atom stereocenters. The molecule has 16 nitrogen and oxygen atoms in total. The van der Waals surface area contributed by atoms with Gasteiger partial charge in [0.1, 0.15) is 23.8 Å². The Morgan fingerprint density at radius 3 is 2.47 bits per heavy atom. The maximum atomic E-state index is 14.6. The number of carbonyl (C=O) groups excluding carboxylic acids is 3. The highest BCUT2D eigenvalue weighted by atomic mass is 32.2. The molecule has 1 aromatic carbocycles. The van der Waals surface area contributed by atoms with Crippen molar-refractivity contribution >= 4 is 35.7 Å². The molecule has 0 spiro atoms. The van der Waals surface area contributed by atoms with Gasteiger partial charge in [-0.25, -0.2) is 4.79 Å². The van der Waals surface area contributed by atoms with Gasteiger partial charge in [-0.15, -0.1) is 11.7 Å². The van der Waals surface area contributed by atoms with E-state index in [4.69, 9.17) is 29.4 Å². The third-order valence-electron chi connectivity index (χ3n) is 13.1. The third-order valence-corrected chi connectivity index (χ3v) is 13.1. The number of aliphatic hydroxyl groups is 1. The van der Waals surface area contributed by atoms with Crippen molar-refractivity contribution in [3.05, 3.63) is 43.1 Å². The summed E-state index contributed by atoms with van der Waals surface area (Å²) in [5.41, 5.74) is 5.87. The quantitative estimate of drug-likeness (QED) is 0.0689. The molecule has 360 valence electrons. The molecule has 0 aliphatic carbocycles. The Hall–Kier alpha value is -3.65. The van der Waals surface area contributed by atoms with Crippen molar-refractivity contribution in [3.63, 3.8) is 0 Å². The number of aryl methyl sites for hydroxylation is 1. The molecule has 0 bridgehead atoms. The minimum Gasteiger partial charge on any atom is -0.458 e. The molecule has 1 amide bonds. The van der Waals surface area contributed by atoms with E-state index in [2.05, 4.69) is 29.1 Å². The summed E-state index contributed by atoms with van der Waals surface area (Å²) in [5, 5.41) is 23.9. The second kappa shape index (κ2) is 23.7. The second-order valence-electron chi connectivity index (χ2n) is 18.2. The first-order chi connectivity index (χ1) is 30.3. The first-order valence-corrected chi connectivity index (χ1v) is 23.6. The van der Waals surface area contributed by atoms with Crippen LogP contribution < -0.4 is 11.1 Å². The standard InChI is InChI=1S/C45H71N7O9.CH3FS/c1-12-19-45(57-11)24-27(3)25-47-31(7)39-44(8,61-43(56)52(39)21-15-14-20-51-26-34(48-49-51)32-17-16-18-33(46)23-32)36(13-2)59-41(55)30(6)37(53)29(5)40(45)60-42-38(54)35(50(9)10)22-28(4)58-42;1-3-2/h12,16-18,23,26-31,35-36,38-40,42,47,54H,1,13-15,19-22,24-25,46H2,2-11H3;1H3/t27-,28-,29-,30-,31-,35?,36-,38?,39-,40-,42+,44-,45-;/m1./s1. The van der Waals surface area contributed by atoms with Gasteiger partial charge in [0.05, 0.1) is 30.0 Å². The molecular formula is C46H74FN7O9S. The fourth-order valence-electron chi connectivity index (χ4n) is 9.78. The number of anilines is 1. The summed E-state index contributed by atoms with van der Waals surface area (Å²) in [6, 6.07) is 6.39. The van der Waals surface area contributed by atoms with Gasteiger partial charge < -0.3 is 44.7 Å². The number of unbranched alkanes of at least 4 members (excludes halogenated alkanes) is 1. The number of aromatic nitrogens is 3. The predicted octanol–water partition coefficient (Wildman–Crippen LogP) is 6.07. The summed E-state index contributed by atoms with van der Waals surface area (Å²) in [6.45, 7) is 18.5. The number of fused-ring (bicyclic) bond motifs is 1. The average Bonchev–Trinajstić information content (AvgIpc) is 3.83. The summed E-state index contributed by atoms with van der Waals surface area (Å²) in [6.07, 6.45) is 3.39. The van der Waals surface area contributed by atoms with Crippen molar-refractivity contribution in [2.75, 3.05) is 46.3 Å². The lowest BCUT2D eigenvalue weighted by Gasteiger charge is -2.47. The maximum Gasteiger partial charge on any atom is 0.410 e. The van der Waals surface area contributed by atoms with Gasteiger partial charge in [0, 0.05) is 67.9 Å². The lowest BCUT2D eigenvalue weighted by atomic mass is 9.75. The number of carbonyl (C=O) groups is 3. The van der Waals surface area contributed by atoms with Gasteiger partial charge in [-0.3, -0.25) is 19.2 Å². The Balaban J connectivity index is 0.00000291. The monoisotopic (exact) mass is 920 g/mol. The van der Waals surface area contributed by atoms with E-state index in [1.54, 1.807) is 29.7 Å². The van der Waals surface area contributed by atoms with Crippen LogP contribution in [0.3, 0.4) is 0 Å². The Morgan fingerprint density at radius 1 is 1.16 bits per heavy atom. The molecular weight excluding hydrogens is 846 g/mol. The molecule has 0 saturated carbocycles. The molecule has 0 radical (unpaired) electrons. The summed E-state index contributed by atoms with van der Waals surface area (Å²) in [5.74, 6) is -3.30. The summed E-state index contributed by atoms with van der Waals surface area (Å²) in [7, 11) is 5.39. The molecule has 3 aliphatic rings. The molecule has 1 aromatic heterocycles. The number of nitrogens with zero attached hydrogens (tertiary/aromatic N) is 5. The van der Waals surface area contributed by atoms with E-state index in [9.17, 15) is 23.4 Å². The van der Waals surface area contributed by atoms with E-state index >= 15 is 0 Å². The zero-order chi connectivity index (χ0) is 47.5. The SMILES string of the molecule is C=CC[C@@]1(OC)C[C@@H](C)CN[C@H](C)[C@H]2N(CCCCn3cc(-c4cccc(N)c4)nn3)C(=O)O[C@]2(C)[C@@H](CC)OC(=O)[C@H](C)C(=O)[C@@H](C)[C@H]1O[C@@H]1O[C@H](C)CC(N(C)C)C1O.CSF. The van der Waals surface area contributed by atoms with Crippen LogP contribution in [0.15, 0.2) is 43.1 Å². The molecule has 5 rings (SSSR count). The number of rotatable bonds is 13. The summed E-state index contributed by atoms with van der Waals surface area (Å²) >= 11 is 0.250. The van der Waals surface area contributed by atoms with Crippen LogP contribution in [0.2, 0.25) is 0 Å². The topological polar surface area (TPSA) is 193 Å². The smallest absolute Gasteiger partial charge is 0.410 e. The molecule has 2 unspecified atom stereocenters. The van der Waals surface area contributed by atoms with E-state index in [0.717, 1.165) is 11.3 Å². The maximum absolute atomic E-state index is 14.6. The number of nitrogens with one attached hydrogen (secondary N) is 1. The van der Waals surface area contributed by atoms with E-state index in [1.165, 1.54) is 13.2 Å². The van der Waals surface area contributed by atoms with Crippen LogP contribution >= 0.6 is 12.1 Å². The number of halogens is 1. The Bertz CT molecular complexity index is 1840. The zero-order valence-corrected chi connectivity index (χ0v) is 40.5. The summed E-state index contributed by atoms with van der Waals surface area (Å²) in [4.78, 5) is 46.2. The van der Waals surface area contributed by atoms with Crippen molar-refractivity contribution in [2.45, 2.75) is 154 Å². The number of benzene rings is 1. The average molecular weight is 920 g/mol. The van der Waals surface area contributed by atoms with Gasteiger partial charge >= 0.3 is 12.1 Å². The lowest BCUT2D eigenvalue weighted by Crippen LogP contribution is -2.61. The first-order valence-electron chi connectivity index (χ1n) is 22.5. The van der Waals surface area contributed by atoms with Gasteiger partial charge in [-0.05, 0) is 105 Å². The van der Waals surface area contributed by atoms with Gasteiger partial charge in [0.2, 0.25) is 0 Å². The van der Waals surface area contributed by atoms with Crippen molar-refractivity contribution in [1.82, 2.24) is 30.1 Å². The van der Waals surface area contributed by atoms with Crippen molar-refractivity contribution in [1.29, 1.82) is 0 Å². The van der Waals surface area contributed by atoms with E-state index in [-0.39, 0.29) is 36.3 Å². The Labute approximate surface area is 383 Å². The molecule has 4 heterocycles. The number of cyclic esters (lactones) is 1. The third kappa shape index (κ3) is 12.4. The highest BCUT2D eigenvalue weighted by molar-refractivity contribution is 7.93. The first kappa shape index (κ1) is 53.0. The Morgan fingerprint density at radius 2 is 1.84 bits per heavy atom. The normalized spacial score (nSPS) is 34.2. The van der Waals surface area contributed by atoms with Crippen LogP contribution in [0.25, 0.3) is 11.3 Å². The van der Waals surface area contributed by atoms with Crippen molar-refractivity contribution in [2.24, 2.45) is 17.8 Å². The number of hydrogen-bond donors (Lipinski definition) is 3. The molecule has 3 saturated heterocycles. The van der Waals surface area contributed by atoms with Gasteiger partial charge in [-0.1, -0.05) is 44.2 Å². The number of Topliss-reactive ketones (excluding diaryl/α,β-unsaturated/α-hetero) is 1. The number of esters is 1. The highest BCUT2D eigenvalue weighted by Crippen LogP contribution is 2.41. The Kier molecular flexibility index (Phi) is 19.6. The molecule has 3 aliphatic heterocycles. The van der Waals surface area contributed by atoms with Gasteiger partial charge in [0.25, 0.3) is 0 Å². The second-order valence-corrected chi connectivity index (χ2v) is 18.5. The number of nitrogens with two attached hydrogens (primary N) is 1. The van der Waals surface area contributed by atoms with Gasteiger partial charge in [-0.2, -0.15) is 3.89 Å². The molecule has 18 heteroatoms. The summed E-state index contributed by atoms with van der Waals surface area (Å²) < 4.78 is 43.9. The fourth-order valence-corrected chi connectivity index (χ4v) is 9.78. The number of hydrogen-bond acceptors (Lipinski definition) is 15. The van der Waals surface area contributed by atoms with Crippen LogP contribution in [-0.4, -0.2) is 148 Å². The van der Waals surface area contributed by atoms with E-state index < -0.39 is 71.5 Å².